The molecule has 3 aliphatic rings. The van der Waals surface area contributed by atoms with E-state index in [1.54, 1.807) is 24.3 Å². The molecule has 3 aromatic rings. The van der Waals surface area contributed by atoms with E-state index in [0.29, 0.717) is 37.6 Å². The Kier molecular flexibility index (Phi) is 7.80. The molecule has 3 aliphatic heterocycles. The number of benzene rings is 1. The molecule has 6 rings (SSSR count). The van der Waals surface area contributed by atoms with E-state index in [4.69, 9.17) is 14.2 Å². The van der Waals surface area contributed by atoms with Crippen molar-refractivity contribution in [2.75, 3.05) is 41.4 Å². The third-order valence-corrected chi connectivity index (χ3v) is 7.61. The van der Waals surface area contributed by atoms with Gasteiger partial charge in [0.15, 0.2) is 17.6 Å². The number of nitrogens with zero attached hydrogens (tertiary/aromatic N) is 4. The van der Waals surface area contributed by atoms with Gasteiger partial charge >= 0.3 is 12.2 Å². The van der Waals surface area contributed by atoms with E-state index in [0.717, 1.165) is 0 Å². The number of carbonyl (C=O) groups excluding carboxylic acids is 2. The summed E-state index contributed by atoms with van der Waals surface area (Å²) in [4.78, 5) is 38.8. The third kappa shape index (κ3) is 6.26. The first kappa shape index (κ1) is 29.6. The Bertz CT molecular complexity index is 1540. The number of nitrogens with one attached hydrogen (secondary N) is 2. The Balaban J connectivity index is 1.19. The van der Waals surface area contributed by atoms with Crippen molar-refractivity contribution in [3.63, 3.8) is 0 Å². The van der Waals surface area contributed by atoms with Crippen LogP contribution in [0.1, 0.15) is 42.4 Å². The van der Waals surface area contributed by atoms with Gasteiger partial charge in [0.25, 0.3) is 5.91 Å². The Hall–Kier alpha value is -4.43. The van der Waals surface area contributed by atoms with Crippen LogP contribution < -0.4 is 25.2 Å². The summed E-state index contributed by atoms with van der Waals surface area (Å²) in [5.74, 6) is -0.824. The van der Waals surface area contributed by atoms with Gasteiger partial charge in [0.1, 0.15) is 30.0 Å². The zero-order valence-electron chi connectivity index (χ0n) is 24.0. The maximum absolute atomic E-state index is 13.9. The predicted molar refractivity (Wildman–Crippen MR) is 154 cm³/mol. The monoisotopic (exact) mass is 612 g/mol. The number of fused-ring (bicyclic) bond motifs is 4. The van der Waals surface area contributed by atoms with Crippen LogP contribution >= 0.6 is 0 Å². The van der Waals surface area contributed by atoms with Crippen molar-refractivity contribution in [2.24, 2.45) is 0 Å². The zero-order valence-corrected chi connectivity index (χ0v) is 24.0. The van der Waals surface area contributed by atoms with Crippen LogP contribution in [0, 0.1) is 0 Å². The van der Waals surface area contributed by atoms with Gasteiger partial charge in [0.2, 0.25) is 0 Å². The molecular weight excluding hydrogens is 581 g/mol. The number of carbonyl (C=O) groups is 2. The lowest BCUT2D eigenvalue weighted by Crippen LogP contribution is -2.48. The van der Waals surface area contributed by atoms with Gasteiger partial charge in [-0.15, -0.1) is 0 Å². The molecule has 2 bridgehead atoms. The lowest BCUT2D eigenvalue weighted by molar-refractivity contribution is -0.155. The van der Waals surface area contributed by atoms with Crippen LogP contribution in [0.2, 0.25) is 0 Å². The number of urea groups is 1. The van der Waals surface area contributed by atoms with E-state index in [-0.39, 0.29) is 41.6 Å². The fraction of sp³-hybridized carbons (Fsp3) is 0.400. The van der Waals surface area contributed by atoms with Gasteiger partial charge in [-0.05, 0) is 44.0 Å². The molecule has 14 heteroatoms. The van der Waals surface area contributed by atoms with Crippen molar-refractivity contribution >= 4 is 29.3 Å². The second-order valence-corrected chi connectivity index (χ2v) is 11.2. The zero-order chi connectivity index (χ0) is 31.1. The number of aromatic nitrogens is 2. The maximum atomic E-state index is 13.9. The number of alkyl halides is 3. The highest BCUT2D eigenvalue weighted by Gasteiger charge is 2.43. The average Bonchev–Trinajstić information content (AvgIpc) is 3.57. The SMILES string of the molecule is CC1(C)OCC(COc2ccnc(NC(=O)N3c4nc(C(=O)N[C@H](c5ccccc5)C(F)(F)F)ccc4N4CC[C@H]3C4)c2)O1. The molecule has 0 spiro atoms. The molecule has 1 aromatic carbocycles. The van der Waals surface area contributed by atoms with Gasteiger partial charge in [-0.1, -0.05) is 30.3 Å². The normalized spacial score (nSPS) is 21.0. The number of rotatable bonds is 7. The molecule has 3 atom stereocenters. The Morgan fingerprint density at radius 1 is 1.16 bits per heavy atom. The van der Waals surface area contributed by atoms with Crippen molar-refractivity contribution in [3.8, 4) is 5.75 Å². The van der Waals surface area contributed by atoms with Crippen molar-refractivity contribution in [1.29, 1.82) is 0 Å². The smallest absolute Gasteiger partial charge is 0.412 e. The second kappa shape index (κ2) is 11.6. The minimum absolute atomic E-state index is 0.108. The van der Waals surface area contributed by atoms with Gasteiger partial charge in [0.05, 0.1) is 18.3 Å². The summed E-state index contributed by atoms with van der Waals surface area (Å²) in [5.41, 5.74) is 0.250. The predicted octanol–water partition coefficient (Wildman–Crippen LogP) is 4.67. The van der Waals surface area contributed by atoms with Crippen molar-refractivity contribution in [1.82, 2.24) is 15.3 Å². The van der Waals surface area contributed by atoms with Gasteiger partial charge in [-0.25, -0.2) is 14.8 Å². The fourth-order valence-electron chi connectivity index (χ4n) is 5.58. The molecule has 2 fully saturated rings. The third-order valence-electron chi connectivity index (χ3n) is 7.61. The number of hydrogen-bond donors (Lipinski definition) is 2. The molecule has 0 radical (unpaired) electrons. The van der Waals surface area contributed by atoms with Crippen LogP contribution in [-0.4, -0.2) is 72.3 Å². The summed E-state index contributed by atoms with van der Waals surface area (Å²) in [6.07, 6.45) is -2.84. The Morgan fingerprint density at radius 2 is 1.95 bits per heavy atom. The minimum atomic E-state index is -4.73. The number of halogens is 3. The second-order valence-electron chi connectivity index (χ2n) is 11.2. The van der Waals surface area contributed by atoms with Crippen molar-refractivity contribution in [3.05, 3.63) is 72.1 Å². The molecule has 0 saturated carbocycles. The maximum Gasteiger partial charge on any atom is 0.412 e. The molecule has 0 aliphatic carbocycles. The summed E-state index contributed by atoms with van der Waals surface area (Å²) < 4.78 is 58.8. The van der Waals surface area contributed by atoms with E-state index >= 15 is 0 Å². The van der Waals surface area contributed by atoms with Gasteiger partial charge < -0.3 is 24.4 Å². The Labute approximate surface area is 251 Å². The first-order chi connectivity index (χ1) is 21.0. The Morgan fingerprint density at radius 3 is 2.68 bits per heavy atom. The van der Waals surface area contributed by atoms with Crippen molar-refractivity contribution in [2.45, 2.75) is 50.4 Å². The molecule has 2 aromatic heterocycles. The summed E-state index contributed by atoms with van der Waals surface area (Å²) in [7, 11) is 0. The molecular formula is C30H31F3N6O5. The summed E-state index contributed by atoms with van der Waals surface area (Å²) in [6, 6.07) is 10.3. The van der Waals surface area contributed by atoms with E-state index in [1.165, 1.54) is 41.4 Å². The fourth-order valence-corrected chi connectivity index (χ4v) is 5.58. The number of ether oxygens (including phenoxy) is 3. The van der Waals surface area contributed by atoms with E-state index in [2.05, 4.69) is 20.6 Å². The van der Waals surface area contributed by atoms with E-state index in [9.17, 15) is 22.8 Å². The molecule has 232 valence electrons. The summed E-state index contributed by atoms with van der Waals surface area (Å²) in [6.45, 7) is 5.49. The number of hydrogen-bond acceptors (Lipinski definition) is 8. The quantitative estimate of drug-likeness (QED) is 0.396. The lowest BCUT2D eigenvalue weighted by Gasteiger charge is -2.35. The lowest BCUT2D eigenvalue weighted by atomic mass is 10.1. The highest BCUT2D eigenvalue weighted by Crippen LogP contribution is 2.39. The summed E-state index contributed by atoms with van der Waals surface area (Å²) >= 11 is 0. The van der Waals surface area contributed by atoms with Crippen LogP contribution in [0.15, 0.2) is 60.8 Å². The first-order valence-corrected chi connectivity index (χ1v) is 14.2. The van der Waals surface area contributed by atoms with Crippen LogP contribution in [0.5, 0.6) is 5.75 Å². The number of anilines is 3. The molecule has 3 amide bonds. The van der Waals surface area contributed by atoms with Crippen LogP contribution in [0.3, 0.4) is 0 Å². The van der Waals surface area contributed by atoms with E-state index < -0.39 is 29.9 Å². The molecule has 44 heavy (non-hydrogen) atoms. The number of amides is 3. The van der Waals surface area contributed by atoms with Crippen LogP contribution in [0.25, 0.3) is 0 Å². The highest BCUT2D eigenvalue weighted by molar-refractivity contribution is 6.05. The standard InChI is InChI=1S/C30H31F3N6O5/c1-29(2)43-17-21(44-29)16-42-20-10-12-34-24(14-20)36-28(41)39-19-11-13-38(15-19)23-9-8-22(35-26(23)39)27(40)37-25(30(31,32)33)18-6-4-3-5-7-18/h3-10,12,14,19,21,25H,11,13,15-17H2,1-2H3,(H,37,40)(H,34,36,41)/t19-,21?,25+/m0/s1. The highest BCUT2D eigenvalue weighted by atomic mass is 19.4. The molecule has 5 heterocycles. The molecule has 11 nitrogen and oxygen atoms in total. The minimum Gasteiger partial charge on any atom is -0.491 e. The number of pyridine rings is 2. The molecule has 1 unspecified atom stereocenters. The van der Waals surface area contributed by atoms with Crippen LogP contribution in [0.4, 0.5) is 35.3 Å². The average molecular weight is 613 g/mol. The van der Waals surface area contributed by atoms with Gasteiger partial charge in [-0.2, -0.15) is 13.2 Å². The molecule has 2 saturated heterocycles. The summed E-state index contributed by atoms with van der Waals surface area (Å²) in [5, 5.41) is 4.83. The largest absolute Gasteiger partial charge is 0.491 e. The van der Waals surface area contributed by atoms with Crippen LogP contribution in [-0.2, 0) is 9.47 Å². The topological polar surface area (TPSA) is 118 Å². The first-order valence-electron chi connectivity index (χ1n) is 14.2. The van der Waals surface area contributed by atoms with Gasteiger partial charge in [0, 0.05) is 25.4 Å². The van der Waals surface area contributed by atoms with E-state index in [1.807, 2.05) is 18.7 Å². The van der Waals surface area contributed by atoms with Crippen molar-refractivity contribution < 1.29 is 37.0 Å². The van der Waals surface area contributed by atoms with Gasteiger partial charge in [-0.3, -0.25) is 15.0 Å². The molecule has 2 N–H and O–H groups in total.